The first kappa shape index (κ1) is 17.3. The van der Waals surface area contributed by atoms with Gasteiger partial charge in [0.15, 0.2) is 0 Å². The molecule has 1 amide bonds. The highest BCUT2D eigenvalue weighted by Crippen LogP contribution is 2.28. The molecule has 0 fully saturated rings. The third kappa shape index (κ3) is 5.27. The summed E-state index contributed by atoms with van der Waals surface area (Å²) in [4.78, 5) is 12.2. The third-order valence-corrected chi connectivity index (χ3v) is 3.49. The second-order valence-corrected chi connectivity index (χ2v) is 6.00. The van der Waals surface area contributed by atoms with E-state index in [-0.39, 0.29) is 12.0 Å². The summed E-state index contributed by atoms with van der Waals surface area (Å²) >= 11 is 6.16. The SMILES string of the molecule is CC(C)Oc1ccc(NC(=O)[C@@H](N)Cc2ccccc2)cc1Cl. The van der Waals surface area contributed by atoms with Gasteiger partial charge in [-0.05, 0) is 44.0 Å². The lowest BCUT2D eigenvalue weighted by molar-refractivity contribution is -0.117. The van der Waals surface area contributed by atoms with Crippen molar-refractivity contribution in [2.75, 3.05) is 5.32 Å². The summed E-state index contributed by atoms with van der Waals surface area (Å²) < 4.78 is 5.56. The number of halogens is 1. The predicted molar refractivity (Wildman–Crippen MR) is 94.0 cm³/mol. The maximum Gasteiger partial charge on any atom is 0.241 e. The monoisotopic (exact) mass is 332 g/mol. The molecule has 0 radical (unpaired) electrons. The van der Waals surface area contributed by atoms with Crippen molar-refractivity contribution in [3.8, 4) is 5.75 Å². The number of benzene rings is 2. The Hall–Kier alpha value is -2.04. The predicted octanol–water partition coefficient (Wildman–Crippen LogP) is 3.64. The van der Waals surface area contributed by atoms with Crippen LogP contribution in [-0.2, 0) is 11.2 Å². The first-order valence-corrected chi connectivity index (χ1v) is 7.90. The fourth-order valence-electron chi connectivity index (χ4n) is 2.12. The van der Waals surface area contributed by atoms with E-state index in [9.17, 15) is 4.79 Å². The molecular weight excluding hydrogens is 312 g/mol. The zero-order valence-corrected chi connectivity index (χ0v) is 14.0. The van der Waals surface area contributed by atoms with Crippen LogP contribution in [0, 0.1) is 0 Å². The third-order valence-electron chi connectivity index (χ3n) is 3.20. The van der Waals surface area contributed by atoms with Crippen LogP contribution in [0.15, 0.2) is 48.5 Å². The first-order valence-electron chi connectivity index (χ1n) is 7.52. The van der Waals surface area contributed by atoms with Crippen LogP contribution in [0.4, 0.5) is 5.69 Å². The molecule has 2 aromatic carbocycles. The molecule has 0 aliphatic heterocycles. The van der Waals surface area contributed by atoms with Gasteiger partial charge < -0.3 is 15.8 Å². The second-order valence-electron chi connectivity index (χ2n) is 5.60. The van der Waals surface area contributed by atoms with E-state index in [1.807, 2.05) is 44.2 Å². The number of rotatable bonds is 6. The number of nitrogens with one attached hydrogen (secondary N) is 1. The van der Waals surface area contributed by atoms with Crippen LogP contribution < -0.4 is 15.8 Å². The highest BCUT2D eigenvalue weighted by molar-refractivity contribution is 6.32. The first-order chi connectivity index (χ1) is 11.0. The maximum absolute atomic E-state index is 12.2. The second kappa shape index (κ2) is 7.99. The van der Waals surface area contributed by atoms with Crippen LogP contribution in [0.5, 0.6) is 5.75 Å². The molecule has 0 spiro atoms. The molecule has 3 N–H and O–H groups in total. The molecule has 122 valence electrons. The lowest BCUT2D eigenvalue weighted by Gasteiger charge is -2.15. The molecule has 0 aliphatic carbocycles. The van der Waals surface area contributed by atoms with Crippen molar-refractivity contribution >= 4 is 23.2 Å². The van der Waals surface area contributed by atoms with Gasteiger partial charge in [0.2, 0.25) is 5.91 Å². The van der Waals surface area contributed by atoms with E-state index in [4.69, 9.17) is 22.1 Å². The molecule has 1 atom stereocenters. The number of amides is 1. The number of ether oxygens (including phenoxy) is 1. The summed E-state index contributed by atoms with van der Waals surface area (Å²) in [7, 11) is 0. The molecule has 4 nitrogen and oxygen atoms in total. The Morgan fingerprint density at radius 1 is 1.22 bits per heavy atom. The number of nitrogens with two attached hydrogens (primary N) is 1. The lowest BCUT2D eigenvalue weighted by Crippen LogP contribution is -2.37. The molecule has 0 heterocycles. The Bertz CT molecular complexity index is 659. The smallest absolute Gasteiger partial charge is 0.241 e. The van der Waals surface area contributed by atoms with Crippen molar-refractivity contribution in [3.05, 3.63) is 59.1 Å². The van der Waals surface area contributed by atoms with Crippen molar-refractivity contribution < 1.29 is 9.53 Å². The Labute approximate surface area is 141 Å². The van der Waals surface area contributed by atoms with Crippen LogP contribution in [0.1, 0.15) is 19.4 Å². The zero-order chi connectivity index (χ0) is 16.8. The summed E-state index contributed by atoms with van der Waals surface area (Å²) in [5.74, 6) is 0.343. The minimum absolute atomic E-state index is 0.0345. The van der Waals surface area contributed by atoms with Crippen LogP contribution in [0.25, 0.3) is 0 Å². The van der Waals surface area contributed by atoms with Crippen LogP contribution in [-0.4, -0.2) is 18.1 Å². The highest BCUT2D eigenvalue weighted by atomic mass is 35.5. The van der Waals surface area contributed by atoms with E-state index in [1.165, 1.54) is 0 Å². The van der Waals surface area contributed by atoms with Gasteiger partial charge in [-0.1, -0.05) is 41.9 Å². The summed E-state index contributed by atoms with van der Waals surface area (Å²) in [6.45, 7) is 3.85. The van der Waals surface area contributed by atoms with E-state index >= 15 is 0 Å². The molecule has 2 rings (SSSR count). The van der Waals surface area contributed by atoms with E-state index in [0.717, 1.165) is 5.56 Å². The standard InChI is InChI=1S/C18H21ClN2O2/c1-12(2)23-17-9-8-14(11-15(17)19)21-18(22)16(20)10-13-6-4-3-5-7-13/h3-9,11-12,16H,10,20H2,1-2H3,(H,21,22)/t16-/m0/s1. The molecule has 0 saturated heterocycles. The van der Waals surface area contributed by atoms with E-state index < -0.39 is 6.04 Å². The summed E-state index contributed by atoms with van der Waals surface area (Å²) in [6.07, 6.45) is 0.516. The zero-order valence-electron chi connectivity index (χ0n) is 13.3. The number of hydrogen-bond acceptors (Lipinski definition) is 3. The summed E-state index contributed by atoms with van der Waals surface area (Å²) in [6, 6.07) is 14.2. The number of carbonyl (C=O) groups excluding carboxylic acids is 1. The van der Waals surface area contributed by atoms with Crippen molar-refractivity contribution in [2.24, 2.45) is 5.73 Å². The van der Waals surface area contributed by atoms with E-state index in [1.54, 1.807) is 18.2 Å². The van der Waals surface area contributed by atoms with Crippen LogP contribution in [0.2, 0.25) is 5.02 Å². The van der Waals surface area contributed by atoms with E-state index in [0.29, 0.717) is 22.9 Å². The van der Waals surface area contributed by atoms with Crippen molar-refractivity contribution in [3.63, 3.8) is 0 Å². The largest absolute Gasteiger partial charge is 0.489 e. The average molecular weight is 333 g/mol. The fourth-order valence-corrected chi connectivity index (χ4v) is 2.35. The number of hydrogen-bond donors (Lipinski definition) is 2. The number of carbonyl (C=O) groups is 1. The van der Waals surface area contributed by atoms with Gasteiger partial charge in [0.25, 0.3) is 0 Å². The van der Waals surface area contributed by atoms with Crippen molar-refractivity contribution in [1.82, 2.24) is 0 Å². The van der Waals surface area contributed by atoms with Gasteiger partial charge in [-0.15, -0.1) is 0 Å². The van der Waals surface area contributed by atoms with Crippen molar-refractivity contribution in [1.29, 1.82) is 0 Å². The molecule has 0 saturated carbocycles. The molecule has 0 aromatic heterocycles. The molecule has 2 aromatic rings. The molecular formula is C18H21ClN2O2. The van der Waals surface area contributed by atoms with Gasteiger partial charge in [-0.2, -0.15) is 0 Å². The van der Waals surface area contributed by atoms with E-state index in [2.05, 4.69) is 5.32 Å². The fraction of sp³-hybridized carbons (Fsp3) is 0.278. The van der Waals surface area contributed by atoms with Crippen LogP contribution >= 0.6 is 11.6 Å². The Morgan fingerprint density at radius 3 is 2.52 bits per heavy atom. The minimum atomic E-state index is -0.622. The normalized spacial score (nSPS) is 12.0. The topological polar surface area (TPSA) is 64.3 Å². The summed E-state index contributed by atoms with van der Waals surface area (Å²) in [5, 5.41) is 3.23. The quantitative estimate of drug-likeness (QED) is 0.849. The maximum atomic E-state index is 12.2. The van der Waals surface area contributed by atoms with Gasteiger partial charge in [0.1, 0.15) is 5.75 Å². The molecule has 0 unspecified atom stereocenters. The number of anilines is 1. The minimum Gasteiger partial charge on any atom is -0.489 e. The van der Waals surface area contributed by atoms with Crippen molar-refractivity contribution in [2.45, 2.75) is 32.4 Å². The molecule has 5 heteroatoms. The summed E-state index contributed by atoms with van der Waals surface area (Å²) in [5.41, 5.74) is 7.58. The lowest BCUT2D eigenvalue weighted by atomic mass is 10.1. The molecule has 0 bridgehead atoms. The molecule has 0 aliphatic rings. The average Bonchev–Trinajstić information content (AvgIpc) is 2.50. The Kier molecular flexibility index (Phi) is 6.02. The van der Waals surface area contributed by atoms with Gasteiger partial charge in [-0.25, -0.2) is 0 Å². The Balaban J connectivity index is 1.98. The van der Waals surface area contributed by atoms with Gasteiger partial charge in [-0.3, -0.25) is 4.79 Å². The highest BCUT2D eigenvalue weighted by Gasteiger charge is 2.15. The van der Waals surface area contributed by atoms with Gasteiger partial charge in [0, 0.05) is 5.69 Å². The van der Waals surface area contributed by atoms with Gasteiger partial charge in [0.05, 0.1) is 17.2 Å². The van der Waals surface area contributed by atoms with Gasteiger partial charge >= 0.3 is 0 Å². The Morgan fingerprint density at radius 2 is 1.91 bits per heavy atom. The molecule has 23 heavy (non-hydrogen) atoms. The van der Waals surface area contributed by atoms with Crippen LogP contribution in [0.3, 0.4) is 0 Å².